The zero-order chi connectivity index (χ0) is 20.0. The van der Waals surface area contributed by atoms with E-state index in [1.54, 1.807) is 6.20 Å². The molecule has 1 aliphatic rings. The number of pyridine rings is 2. The highest BCUT2D eigenvalue weighted by Gasteiger charge is 2.36. The summed E-state index contributed by atoms with van der Waals surface area (Å²) in [5, 5.41) is 5.80. The van der Waals surface area contributed by atoms with E-state index >= 15 is 0 Å². The molecule has 0 spiro atoms. The van der Waals surface area contributed by atoms with Crippen molar-refractivity contribution in [1.82, 2.24) is 29.5 Å². The molecule has 0 aromatic carbocycles. The zero-order valence-corrected chi connectivity index (χ0v) is 16.8. The van der Waals surface area contributed by atoms with Crippen LogP contribution in [0.1, 0.15) is 31.5 Å². The highest BCUT2D eigenvalue weighted by Crippen LogP contribution is 2.35. The molecule has 29 heavy (non-hydrogen) atoms. The first-order valence-corrected chi connectivity index (χ1v) is 10.0. The van der Waals surface area contributed by atoms with Gasteiger partial charge in [-0.3, -0.25) is 0 Å². The van der Waals surface area contributed by atoms with E-state index in [0.717, 1.165) is 59.2 Å². The lowest BCUT2D eigenvalue weighted by atomic mass is 9.79. The number of nitrogens with zero attached hydrogens (tertiary/aromatic N) is 6. The van der Waals surface area contributed by atoms with Crippen LogP contribution in [0.3, 0.4) is 0 Å². The van der Waals surface area contributed by atoms with E-state index in [2.05, 4.69) is 46.1 Å². The molecule has 4 aromatic heterocycles. The fourth-order valence-electron chi connectivity index (χ4n) is 4.34. The molecule has 1 aliphatic carbocycles. The van der Waals surface area contributed by atoms with E-state index in [0.29, 0.717) is 6.04 Å². The Bertz CT molecular complexity index is 1170. The lowest BCUT2D eigenvalue weighted by molar-refractivity contribution is 0.167. The van der Waals surface area contributed by atoms with Gasteiger partial charge in [-0.1, -0.05) is 0 Å². The van der Waals surface area contributed by atoms with Gasteiger partial charge in [-0.2, -0.15) is 5.10 Å². The maximum atomic E-state index is 6.74. The Morgan fingerprint density at radius 1 is 1.10 bits per heavy atom. The van der Waals surface area contributed by atoms with Gasteiger partial charge in [0.25, 0.3) is 0 Å². The lowest BCUT2D eigenvalue weighted by Crippen LogP contribution is -2.46. The van der Waals surface area contributed by atoms with Crippen LogP contribution in [0.2, 0.25) is 0 Å². The molecule has 1 fully saturated rings. The molecule has 0 bridgehead atoms. The second-order valence-electron chi connectivity index (χ2n) is 8.27. The number of hydrogen-bond acceptors (Lipinski definition) is 6. The van der Waals surface area contributed by atoms with Crippen LogP contribution in [0.15, 0.2) is 49.1 Å². The van der Waals surface area contributed by atoms with Crippen molar-refractivity contribution in [2.75, 3.05) is 14.1 Å². The Kier molecular flexibility index (Phi) is 4.29. The molecule has 7 nitrogen and oxygen atoms in total. The van der Waals surface area contributed by atoms with Crippen molar-refractivity contribution in [2.45, 2.75) is 37.3 Å². The van der Waals surface area contributed by atoms with Crippen LogP contribution in [0, 0.1) is 0 Å². The van der Waals surface area contributed by atoms with Crippen LogP contribution in [-0.4, -0.2) is 49.6 Å². The Morgan fingerprint density at radius 3 is 2.72 bits per heavy atom. The summed E-state index contributed by atoms with van der Waals surface area (Å²) in [5.41, 5.74) is 10.1. The molecule has 0 radical (unpaired) electrons. The second kappa shape index (κ2) is 6.86. The van der Waals surface area contributed by atoms with E-state index in [-0.39, 0.29) is 0 Å². The molecule has 0 saturated heterocycles. The smallest absolute Gasteiger partial charge is 0.169 e. The van der Waals surface area contributed by atoms with Crippen molar-refractivity contribution in [2.24, 2.45) is 5.73 Å². The van der Waals surface area contributed by atoms with Gasteiger partial charge in [0.1, 0.15) is 0 Å². The Morgan fingerprint density at radius 2 is 1.93 bits per heavy atom. The number of aromatic nitrogens is 5. The van der Waals surface area contributed by atoms with Crippen LogP contribution in [-0.2, 0) is 5.54 Å². The largest absolute Gasteiger partial charge is 0.319 e. The average Bonchev–Trinajstić information content (AvgIpc) is 3.17. The highest BCUT2D eigenvalue weighted by atomic mass is 15.3. The molecule has 0 unspecified atom stereocenters. The maximum absolute atomic E-state index is 6.74. The van der Waals surface area contributed by atoms with Gasteiger partial charge in [0, 0.05) is 41.1 Å². The van der Waals surface area contributed by atoms with Gasteiger partial charge in [-0.25, -0.2) is 19.5 Å². The maximum Gasteiger partial charge on any atom is 0.169 e. The predicted octanol–water partition coefficient (Wildman–Crippen LogP) is 3.00. The van der Waals surface area contributed by atoms with Crippen LogP contribution >= 0.6 is 0 Å². The molecule has 0 atom stereocenters. The van der Waals surface area contributed by atoms with Gasteiger partial charge in [0.05, 0.1) is 17.3 Å². The van der Waals surface area contributed by atoms with Crippen molar-refractivity contribution < 1.29 is 0 Å². The fraction of sp³-hybridized carbons (Fsp3) is 0.364. The number of rotatable bonds is 3. The van der Waals surface area contributed by atoms with Gasteiger partial charge >= 0.3 is 0 Å². The van der Waals surface area contributed by atoms with Crippen molar-refractivity contribution in [3.05, 3.63) is 54.9 Å². The minimum absolute atomic E-state index is 0.457. The fourth-order valence-corrected chi connectivity index (χ4v) is 4.34. The Hall–Kier alpha value is -2.90. The number of nitrogens with two attached hydrogens (primary N) is 1. The van der Waals surface area contributed by atoms with E-state index in [4.69, 9.17) is 10.8 Å². The van der Waals surface area contributed by atoms with E-state index in [9.17, 15) is 0 Å². The standard InChI is InChI=1S/C22H25N7/c1-28(2)17-5-8-22(23,9-6-17)21-26-14-19-18(7-11-29(19)27-21)16-12-15-4-3-10-24-20(15)25-13-16/h3-4,7,10-14,17H,5-6,8-9,23H2,1-2H3. The minimum atomic E-state index is -0.457. The summed E-state index contributed by atoms with van der Waals surface area (Å²) in [5.74, 6) is 0.727. The minimum Gasteiger partial charge on any atom is -0.319 e. The summed E-state index contributed by atoms with van der Waals surface area (Å²) in [7, 11) is 4.27. The van der Waals surface area contributed by atoms with E-state index < -0.39 is 5.54 Å². The summed E-state index contributed by atoms with van der Waals surface area (Å²) >= 11 is 0. The number of hydrogen-bond donors (Lipinski definition) is 1. The van der Waals surface area contributed by atoms with Gasteiger partial charge in [-0.05, 0) is 64.0 Å². The van der Waals surface area contributed by atoms with Crippen LogP contribution in [0.25, 0.3) is 27.7 Å². The third-order valence-corrected chi connectivity index (χ3v) is 6.20. The molecule has 4 heterocycles. The van der Waals surface area contributed by atoms with Crippen LogP contribution in [0.5, 0.6) is 0 Å². The van der Waals surface area contributed by atoms with Crippen molar-refractivity contribution in [3.8, 4) is 11.1 Å². The topological polar surface area (TPSA) is 85.2 Å². The first-order valence-electron chi connectivity index (χ1n) is 10.0. The third-order valence-electron chi connectivity index (χ3n) is 6.20. The summed E-state index contributed by atoms with van der Waals surface area (Å²) < 4.78 is 1.89. The van der Waals surface area contributed by atoms with Crippen LogP contribution in [0.4, 0.5) is 0 Å². The third kappa shape index (κ3) is 3.16. The SMILES string of the molecule is CN(C)C1CCC(N)(c2ncc3c(-c4cnc5ncccc5c4)ccn3n2)CC1. The average molecular weight is 387 g/mol. The van der Waals surface area contributed by atoms with Crippen LogP contribution < -0.4 is 5.73 Å². The highest BCUT2D eigenvalue weighted by molar-refractivity contribution is 5.86. The van der Waals surface area contributed by atoms with E-state index in [1.165, 1.54) is 0 Å². The van der Waals surface area contributed by atoms with Gasteiger partial charge in [0.2, 0.25) is 0 Å². The summed E-state index contributed by atoms with van der Waals surface area (Å²) in [6.07, 6.45) is 11.4. The van der Waals surface area contributed by atoms with Gasteiger partial charge < -0.3 is 10.6 Å². The molecular formula is C22H25N7. The van der Waals surface area contributed by atoms with Gasteiger partial charge in [-0.15, -0.1) is 0 Å². The molecule has 2 N–H and O–H groups in total. The number of fused-ring (bicyclic) bond motifs is 2. The molecule has 1 saturated carbocycles. The Labute approximate surface area is 169 Å². The summed E-state index contributed by atoms with van der Waals surface area (Å²) in [4.78, 5) is 15.8. The van der Waals surface area contributed by atoms with Gasteiger partial charge in [0.15, 0.2) is 11.5 Å². The molecule has 7 heteroatoms. The molecule has 148 valence electrons. The van der Waals surface area contributed by atoms with Crippen molar-refractivity contribution in [1.29, 1.82) is 0 Å². The van der Waals surface area contributed by atoms with Crippen molar-refractivity contribution in [3.63, 3.8) is 0 Å². The Balaban J connectivity index is 1.48. The van der Waals surface area contributed by atoms with E-state index in [1.807, 2.05) is 35.2 Å². The second-order valence-corrected chi connectivity index (χ2v) is 8.27. The first kappa shape index (κ1) is 18.1. The molecule has 0 aliphatic heterocycles. The normalized spacial score (nSPS) is 22.6. The zero-order valence-electron chi connectivity index (χ0n) is 16.8. The lowest BCUT2D eigenvalue weighted by Gasteiger charge is -2.38. The quantitative estimate of drug-likeness (QED) is 0.582. The monoisotopic (exact) mass is 387 g/mol. The van der Waals surface area contributed by atoms with Crippen molar-refractivity contribution >= 4 is 16.6 Å². The molecule has 5 rings (SSSR count). The summed E-state index contributed by atoms with van der Waals surface area (Å²) in [6.45, 7) is 0. The summed E-state index contributed by atoms with van der Waals surface area (Å²) in [6, 6.07) is 8.69. The predicted molar refractivity (Wildman–Crippen MR) is 113 cm³/mol. The first-order chi connectivity index (χ1) is 14.0. The molecule has 0 amide bonds. The molecular weight excluding hydrogens is 362 g/mol. The molecule has 4 aromatic rings.